The first-order valence-electron chi connectivity index (χ1n) is 9.27. The van der Waals surface area contributed by atoms with Crippen LogP contribution in [0.1, 0.15) is 32.7 Å². The summed E-state index contributed by atoms with van der Waals surface area (Å²) in [5.41, 5.74) is 7.30. The van der Waals surface area contributed by atoms with Gasteiger partial charge in [-0.3, -0.25) is 9.78 Å². The van der Waals surface area contributed by atoms with Crippen LogP contribution in [0.5, 0.6) is 0 Å². The van der Waals surface area contributed by atoms with E-state index in [1.807, 2.05) is 44.2 Å². The highest BCUT2D eigenvalue weighted by Gasteiger charge is 2.18. The van der Waals surface area contributed by atoms with E-state index in [1.54, 1.807) is 6.20 Å². The van der Waals surface area contributed by atoms with Crippen molar-refractivity contribution < 1.29 is 4.79 Å². The Kier molecular flexibility index (Phi) is 4.63. The maximum atomic E-state index is 12.7. The molecular weight excluding hydrogens is 334 g/mol. The molecule has 2 heterocycles. The number of pyridine rings is 1. The number of fused-ring (bicyclic) bond motifs is 1. The predicted molar refractivity (Wildman–Crippen MR) is 109 cm³/mol. The summed E-state index contributed by atoms with van der Waals surface area (Å²) >= 11 is 0. The van der Waals surface area contributed by atoms with Crippen molar-refractivity contribution in [2.45, 2.75) is 26.8 Å². The molecule has 1 N–H and O–H groups in total. The first-order chi connectivity index (χ1) is 13.1. The van der Waals surface area contributed by atoms with Gasteiger partial charge in [-0.25, -0.2) is 0 Å². The van der Waals surface area contributed by atoms with Gasteiger partial charge in [-0.05, 0) is 60.7 Å². The molecule has 0 unspecified atom stereocenters. The number of nitrogens with one attached hydrogen (secondary N) is 1. The van der Waals surface area contributed by atoms with Gasteiger partial charge in [0.1, 0.15) is 5.69 Å². The minimum Gasteiger partial charge on any atom is -0.367 e. The molecule has 3 aromatic rings. The molecule has 4 nitrogen and oxygen atoms in total. The molecule has 1 aliphatic heterocycles. The standard InChI is InChI=1S/C23H23N3O/c1-16-6-5-9-21(17(16)2)25-23(27)22-14-20(10-12-24-22)26-13-11-18-7-3-4-8-19(18)15-26/h3-10,12,14H,11,13,15H2,1-2H3,(H,25,27). The van der Waals surface area contributed by atoms with Crippen molar-refractivity contribution >= 4 is 17.3 Å². The molecule has 27 heavy (non-hydrogen) atoms. The van der Waals surface area contributed by atoms with Gasteiger partial charge in [0, 0.05) is 30.7 Å². The molecule has 0 saturated heterocycles. The fourth-order valence-corrected chi connectivity index (χ4v) is 3.53. The third-order valence-electron chi connectivity index (χ3n) is 5.32. The van der Waals surface area contributed by atoms with Crippen LogP contribution in [0.3, 0.4) is 0 Å². The van der Waals surface area contributed by atoms with Gasteiger partial charge >= 0.3 is 0 Å². The zero-order valence-corrected chi connectivity index (χ0v) is 15.7. The summed E-state index contributed by atoms with van der Waals surface area (Å²) in [4.78, 5) is 19.3. The van der Waals surface area contributed by atoms with E-state index in [4.69, 9.17) is 0 Å². The third kappa shape index (κ3) is 3.56. The summed E-state index contributed by atoms with van der Waals surface area (Å²) in [5.74, 6) is -0.178. The largest absolute Gasteiger partial charge is 0.367 e. The Bertz CT molecular complexity index is 996. The molecular formula is C23H23N3O. The van der Waals surface area contributed by atoms with E-state index < -0.39 is 0 Å². The lowest BCUT2D eigenvalue weighted by atomic mass is 9.99. The van der Waals surface area contributed by atoms with Gasteiger partial charge < -0.3 is 10.2 Å². The Labute approximate surface area is 159 Å². The van der Waals surface area contributed by atoms with Gasteiger partial charge in [0.25, 0.3) is 5.91 Å². The number of carbonyl (C=O) groups is 1. The van der Waals surface area contributed by atoms with Crippen molar-refractivity contribution in [3.8, 4) is 0 Å². The molecule has 0 saturated carbocycles. The second-order valence-electron chi connectivity index (χ2n) is 7.04. The topological polar surface area (TPSA) is 45.2 Å². The number of aromatic nitrogens is 1. The Hall–Kier alpha value is -3.14. The fourth-order valence-electron chi connectivity index (χ4n) is 3.53. The van der Waals surface area contributed by atoms with Gasteiger partial charge in [-0.15, -0.1) is 0 Å². The van der Waals surface area contributed by atoms with E-state index in [0.717, 1.165) is 42.0 Å². The molecule has 0 spiro atoms. The SMILES string of the molecule is Cc1cccc(NC(=O)c2cc(N3CCc4ccccc4C3)ccn2)c1C. The lowest BCUT2D eigenvalue weighted by Gasteiger charge is -2.30. The zero-order chi connectivity index (χ0) is 18.8. The molecule has 2 aromatic carbocycles. The van der Waals surface area contributed by atoms with Crippen LogP contribution >= 0.6 is 0 Å². The molecule has 0 aliphatic carbocycles. The molecule has 0 bridgehead atoms. The fraction of sp³-hybridized carbons (Fsp3) is 0.217. The van der Waals surface area contributed by atoms with Gasteiger partial charge in [0.15, 0.2) is 0 Å². The quantitative estimate of drug-likeness (QED) is 0.750. The summed E-state index contributed by atoms with van der Waals surface area (Å²) in [6.45, 7) is 5.86. The van der Waals surface area contributed by atoms with Crippen LogP contribution in [0.2, 0.25) is 0 Å². The number of amides is 1. The maximum absolute atomic E-state index is 12.7. The van der Waals surface area contributed by atoms with E-state index in [9.17, 15) is 4.79 Å². The number of hydrogen-bond acceptors (Lipinski definition) is 3. The average molecular weight is 357 g/mol. The minimum absolute atomic E-state index is 0.178. The number of nitrogens with zero attached hydrogens (tertiary/aromatic N) is 2. The normalized spacial score (nSPS) is 13.2. The smallest absolute Gasteiger partial charge is 0.274 e. The summed E-state index contributed by atoms with van der Waals surface area (Å²) in [6.07, 6.45) is 2.73. The highest BCUT2D eigenvalue weighted by molar-refractivity contribution is 6.03. The number of rotatable bonds is 3. The van der Waals surface area contributed by atoms with E-state index in [0.29, 0.717) is 5.69 Å². The lowest BCUT2D eigenvalue weighted by molar-refractivity contribution is 0.102. The number of benzene rings is 2. The summed E-state index contributed by atoms with van der Waals surface area (Å²) in [5, 5.41) is 2.99. The lowest BCUT2D eigenvalue weighted by Crippen LogP contribution is -2.30. The first kappa shape index (κ1) is 17.3. The van der Waals surface area contributed by atoms with E-state index in [2.05, 4.69) is 39.5 Å². The van der Waals surface area contributed by atoms with Gasteiger partial charge in [0.05, 0.1) is 0 Å². The van der Waals surface area contributed by atoms with Crippen LogP contribution in [0.4, 0.5) is 11.4 Å². The number of aryl methyl sites for hydroxylation is 1. The van der Waals surface area contributed by atoms with Crippen molar-refractivity contribution in [3.63, 3.8) is 0 Å². The molecule has 4 heteroatoms. The van der Waals surface area contributed by atoms with Crippen molar-refractivity contribution in [2.24, 2.45) is 0 Å². The maximum Gasteiger partial charge on any atom is 0.274 e. The first-order valence-corrected chi connectivity index (χ1v) is 9.27. The molecule has 136 valence electrons. The highest BCUT2D eigenvalue weighted by Crippen LogP contribution is 2.25. The van der Waals surface area contributed by atoms with Crippen LogP contribution in [0, 0.1) is 13.8 Å². The van der Waals surface area contributed by atoms with Crippen LogP contribution in [0.25, 0.3) is 0 Å². The second-order valence-corrected chi connectivity index (χ2v) is 7.04. The zero-order valence-electron chi connectivity index (χ0n) is 15.7. The number of carbonyl (C=O) groups excluding carboxylic acids is 1. The highest BCUT2D eigenvalue weighted by atomic mass is 16.1. The summed E-state index contributed by atoms with van der Waals surface area (Å²) in [6, 6.07) is 18.3. The molecule has 0 radical (unpaired) electrons. The van der Waals surface area contributed by atoms with Crippen molar-refractivity contribution in [1.82, 2.24) is 4.98 Å². The van der Waals surface area contributed by atoms with Gasteiger partial charge in [0.2, 0.25) is 0 Å². The van der Waals surface area contributed by atoms with Crippen LogP contribution < -0.4 is 10.2 Å². The van der Waals surface area contributed by atoms with Gasteiger partial charge in [-0.2, -0.15) is 0 Å². The van der Waals surface area contributed by atoms with Crippen molar-refractivity contribution in [3.05, 3.63) is 88.7 Å². The number of anilines is 2. The molecule has 1 aromatic heterocycles. The Morgan fingerprint density at radius 2 is 1.85 bits per heavy atom. The molecule has 0 fully saturated rings. The summed E-state index contributed by atoms with van der Waals surface area (Å²) in [7, 11) is 0. The van der Waals surface area contributed by atoms with Crippen LogP contribution in [0.15, 0.2) is 60.8 Å². The minimum atomic E-state index is -0.178. The Morgan fingerprint density at radius 1 is 1.04 bits per heavy atom. The Balaban J connectivity index is 1.54. The van der Waals surface area contributed by atoms with Crippen molar-refractivity contribution in [1.29, 1.82) is 0 Å². The monoisotopic (exact) mass is 357 g/mol. The van der Waals surface area contributed by atoms with E-state index >= 15 is 0 Å². The van der Waals surface area contributed by atoms with Gasteiger partial charge in [-0.1, -0.05) is 36.4 Å². The Morgan fingerprint density at radius 3 is 2.70 bits per heavy atom. The summed E-state index contributed by atoms with van der Waals surface area (Å²) < 4.78 is 0. The second kappa shape index (κ2) is 7.23. The van der Waals surface area contributed by atoms with Crippen LogP contribution in [-0.4, -0.2) is 17.4 Å². The molecule has 0 atom stereocenters. The molecule has 1 amide bonds. The number of hydrogen-bond donors (Lipinski definition) is 1. The third-order valence-corrected chi connectivity index (χ3v) is 5.32. The van der Waals surface area contributed by atoms with Crippen LogP contribution in [-0.2, 0) is 13.0 Å². The predicted octanol–water partition coefficient (Wildman–Crippen LogP) is 4.51. The van der Waals surface area contributed by atoms with E-state index in [1.165, 1.54) is 11.1 Å². The van der Waals surface area contributed by atoms with Crippen molar-refractivity contribution in [2.75, 3.05) is 16.8 Å². The molecule has 1 aliphatic rings. The molecule has 4 rings (SSSR count). The van der Waals surface area contributed by atoms with E-state index in [-0.39, 0.29) is 5.91 Å². The average Bonchev–Trinajstić information content (AvgIpc) is 2.71.